The number of hydrogen-bond acceptors (Lipinski definition) is 3. The Kier molecular flexibility index (Phi) is 4.84. The zero-order chi connectivity index (χ0) is 13.8. The summed E-state index contributed by atoms with van der Waals surface area (Å²) in [5.74, 6) is -0.994. The summed E-state index contributed by atoms with van der Waals surface area (Å²) >= 11 is 0. The van der Waals surface area contributed by atoms with E-state index >= 15 is 0 Å². The fourth-order valence-electron chi connectivity index (χ4n) is 1.37. The van der Waals surface area contributed by atoms with E-state index in [0.717, 1.165) is 0 Å². The van der Waals surface area contributed by atoms with E-state index in [2.05, 4.69) is 0 Å². The van der Waals surface area contributed by atoms with E-state index in [1.165, 1.54) is 29.2 Å². The number of carbonyl (C=O) groups excluding carboxylic acids is 1. The topological polar surface area (TPSA) is 54.5 Å². The highest BCUT2D eigenvalue weighted by Crippen LogP contribution is 2.09. The highest BCUT2D eigenvalue weighted by Gasteiger charge is 2.15. The van der Waals surface area contributed by atoms with Crippen molar-refractivity contribution in [1.82, 2.24) is 4.90 Å². The Morgan fingerprint density at radius 1 is 1.22 bits per heavy atom. The number of carbonyl (C=O) groups is 1. The average molecular weight is 273 g/mol. The van der Waals surface area contributed by atoms with Crippen LogP contribution in [0, 0.1) is 5.82 Å². The lowest BCUT2D eigenvalue weighted by Gasteiger charge is -2.10. The van der Waals surface area contributed by atoms with Crippen LogP contribution in [0.2, 0.25) is 0 Å². The maximum atomic E-state index is 12.7. The highest BCUT2D eigenvalue weighted by molar-refractivity contribution is 7.90. The first-order chi connectivity index (χ1) is 8.30. The monoisotopic (exact) mass is 273 g/mol. The number of amides is 1. The molecule has 0 aromatic heterocycles. The van der Waals surface area contributed by atoms with E-state index in [-0.39, 0.29) is 23.8 Å². The lowest BCUT2D eigenvalue weighted by atomic mass is 10.2. The Labute approximate surface area is 106 Å². The van der Waals surface area contributed by atoms with Gasteiger partial charge >= 0.3 is 0 Å². The van der Waals surface area contributed by atoms with Gasteiger partial charge in [0.05, 0.1) is 11.5 Å². The maximum Gasteiger partial charge on any atom is 0.223 e. The Hall–Kier alpha value is -1.43. The van der Waals surface area contributed by atoms with Gasteiger partial charge in [-0.1, -0.05) is 12.1 Å². The predicted octanol–water partition coefficient (Wildman–Crippen LogP) is 1.22. The Morgan fingerprint density at radius 3 is 2.28 bits per heavy atom. The van der Waals surface area contributed by atoms with Crippen molar-refractivity contribution < 1.29 is 17.6 Å². The summed E-state index contributed by atoms with van der Waals surface area (Å²) in [5.41, 5.74) is 0.522. The van der Waals surface area contributed by atoms with Crippen LogP contribution >= 0.6 is 0 Å². The molecule has 0 fully saturated rings. The minimum atomic E-state index is -3.35. The van der Waals surface area contributed by atoms with Crippen molar-refractivity contribution in [2.45, 2.75) is 12.2 Å². The third-order valence-corrected chi connectivity index (χ3v) is 4.02. The molecule has 6 heteroatoms. The third-order valence-electron chi connectivity index (χ3n) is 2.43. The Balaban J connectivity index is 2.60. The Morgan fingerprint density at radius 2 is 1.78 bits per heavy atom. The van der Waals surface area contributed by atoms with Gasteiger partial charge in [0.1, 0.15) is 5.82 Å². The molecule has 0 aliphatic heterocycles. The molecule has 4 nitrogen and oxygen atoms in total. The average Bonchev–Trinajstić information content (AvgIpc) is 2.29. The number of nitrogens with zero attached hydrogens (tertiary/aromatic N) is 1. The summed E-state index contributed by atoms with van der Waals surface area (Å²) in [6, 6.07) is 5.30. The molecule has 1 amide bonds. The van der Waals surface area contributed by atoms with E-state index in [0.29, 0.717) is 5.56 Å². The molecule has 0 unspecified atom stereocenters. The molecule has 1 aromatic rings. The first-order valence-corrected chi connectivity index (χ1v) is 7.27. The first kappa shape index (κ1) is 14.6. The summed E-state index contributed by atoms with van der Waals surface area (Å²) in [4.78, 5) is 12.7. The third kappa shape index (κ3) is 4.83. The van der Waals surface area contributed by atoms with Gasteiger partial charge in [-0.05, 0) is 17.7 Å². The fraction of sp³-hybridized carbons (Fsp3) is 0.417. The van der Waals surface area contributed by atoms with Gasteiger partial charge in [0.25, 0.3) is 0 Å². The largest absolute Gasteiger partial charge is 0.349 e. The molecule has 0 N–H and O–H groups in total. The summed E-state index contributed by atoms with van der Waals surface area (Å²) in [5, 5.41) is 0. The normalized spacial score (nSPS) is 11.3. The zero-order valence-corrected chi connectivity index (χ0v) is 11.2. The minimum absolute atomic E-state index is 0.0312. The van der Waals surface area contributed by atoms with Gasteiger partial charge in [-0.3, -0.25) is 4.79 Å². The molecule has 0 saturated heterocycles. The maximum absolute atomic E-state index is 12.7. The molecule has 18 heavy (non-hydrogen) atoms. The van der Waals surface area contributed by atoms with Gasteiger partial charge in [0, 0.05) is 20.5 Å². The van der Waals surface area contributed by atoms with Crippen molar-refractivity contribution in [2.75, 3.05) is 19.8 Å². The molecule has 1 rings (SSSR count). The molecule has 1 aromatic carbocycles. The molecule has 0 aliphatic rings. The molecule has 0 aliphatic carbocycles. The summed E-state index contributed by atoms with van der Waals surface area (Å²) < 4.78 is 36.2. The van der Waals surface area contributed by atoms with E-state index in [9.17, 15) is 17.6 Å². The molecule has 100 valence electrons. The van der Waals surface area contributed by atoms with Crippen molar-refractivity contribution in [3.8, 4) is 0 Å². The number of benzene rings is 1. The number of hydrogen-bond donors (Lipinski definition) is 0. The van der Waals surface area contributed by atoms with Gasteiger partial charge < -0.3 is 4.90 Å². The van der Waals surface area contributed by atoms with Crippen molar-refractivity contribution in [3.05, 3.63) is 35.6 Å². The first-order valence-electron chi connectivity index (χ1n) is 5.45. The molecule has 0 heterocycles. The molecular formula is C12H16FNO3S. The Bertz CT molecular complexity index is 509. The summed E-state index contributed by atoms with van der Waals surface area (Å²) in [6.07, 6.45) is -0.0312. The van der Waals surface area contributed by atoms with E-state index in [1.807, 2.05) is 0 Å². The second-order valence-corrected chi connectivity index (χ2v) is 6.44. The van der Waals surface area contributed by atoms with Crippen LogP contribution in [0.5, 0.6) is 0 Å². The highest BCUT2D eigenvalue weighted by atomic mass is 32.2. The van der Waals surface area contributed by atoms with Crippen molar-refractivity contribution >= 4 is 15.7 Å². The molecule has 0 spiro atoms. The lowest BCUT2D eigenvalue weighted by Crippen LogP contribution is -2.24. The molecule has 0 bridgehead atoms. The molecule has 0 saturated carbocycles. The van der Waals surface area contributed by atoms with Crippen LogP contribution in [0.15, 0.2) is 24.3 Å². The van der Waals surface area contributed by atoms with Crippen molar-refractivity contribution in [2.24, 2.45) is 0 Å². The second-order valence-electron chi connectivity index (χ2n) is 4.26. The number of rotatable bonds is 5. The number of sulfone groups is 1. The van der Waals surface area contributed by atoms with E-state index in [1.54, 1.807) is 14.1 Å². The smallest absolute Gasteiger partial charge is 0.223 e. The van der Waals surface area contributed by atoms with Crippen LogP contribution in [0.25, 0.3) is 0 Å². The van der Waals surface area contributed by atoms with Crippen LogP contribution < -0.4 is 0 Å². The van der Waals surface area contributed by atoms with Gasteiger partial charge in [0.15, 0.2) is 9.84 Å². The van der Waals surface area contributed by atoms with E-state index < -0.39 is 15.7 Å². The van der Waals surface area contributed by atoms with Crippen molar-refractivity contribution in [3.63, 3.8) is 0 Å². The second kappa shape index (κ2) is 5.95. The number of halogens is 1. The van der Waals surface area contributed by atoms with Gasteiger partial charge in [0.2, 0.25) is 5.91 Å². The lowest BCUT2D eigenvalue weighted by molar-refractivity contribution is -0.128. The van der Waals surface area contributed by atoms with E-state index in [4.69, 9.17) is 0 Å². The van der Waals surface area contributed by atoms with Crippen LogP contribution in [0.4, 0.5) is 4.39 Å². The summed E-state index contributed by atoms with van der Waals surface area (Å²) in [6.45, 7) is 0. The van der Waals surface area contributed by atoms with Crippen molar-refractivity contribution in [1.29, 1.82) is 0 Å². The van der Waals surface area contributed by atoms with Gasteiger partial charge in [-0.15, -0.1) is 0 Å². The molecular weight excluding hydrogens is 257 g/mol. The molecule has 0 atom stereocenters. The minimum Gasteiger partial charge on any atom is -0.349 e. The van der Waals surface area contributed by atoms with Gasteiger partial charge in [-0.25, -0.2) is 12.8 Å². The van der Waals surface area contributed by atoms with Gasteiger partial charge in [-0.2, -0.15) is 0 Å². The fourth-order valence-corrected chi connectivity index (χ4v) is 2.70. The standard InChI is InChI=1S/C12H16FNO3S/c1-14(2)12(15)7-8-18(16,17)9-10-3-5-11(13)6-4-10/h3-6H,7-9H2,1-2H3. The van der Waals surface area contributed by atoms with Crippen LogP contribution in [0.3, 0.4) is 0 Å². The van der Waals surface area contributed by atoms with Crippen LogP contribution in [0.1, 0.15) is 12.0 Å². The SMILES string of the molecule is CN(C)C(=O)CCS(=O)(=O)Cc1ccc(F)cc1. The quantitative estimate of drug-likeness (QED) is 0.810. The van der Waals surface area contributed by atoms with Crippen LogP contribution in [-0.4, -0.2) is 39.1 Å². The van der Waals surface area contributed by atoms with Crippen LogP contribution in [-0.2, 0) is 20.4 Å². The zero-order valence-electron chi connectivity index (χ0n) is 10.4. The summed E-state index contributed by atoms with van der Waals surface area (Å²) in [7, 11) is -0.189. The molecule has 0 radical (unpaired) electrons. The predicted molar refractivity (Wildman–Crippen MR) is 67.2 cm³/mol.